The molecule has 0 saturated heterocycles. The van der Waals surface area contributed by atoms with E-state index >= 15 is 0 Å². The van der Waals surface area contributed by atoms with E-state index in [-0.39, 0.29) is 12.6 Å². The van der Waals surface area contributed by atoms with Crippen LogP contribution in [0.4, 0.5) is 13.2 Å². The Bertz CT molecular complexity index is 448. The molecule has 20 heavy (non-hydrogen) atoms. The van der Waals surface area contributed by atoms with Gasteiger partial charge in [-0.15, -0.1) is 10.2 Å². The molecule has 0 aromatic carbocycles. The standard InChI is InChI=1S/C11H18F3N5O/c1-20-5-2-8(15)6-18-3-4-19-9(7-18)16-17-10(19)11(12,13)14/h8H,2-7,15H2,1H3. The van der Waals surface area contributed by atoms with Gasteiger partial charge in [0.05, 0.1) is 6.54 Å². The van der Waals surface area contributed by atoms with Crippen LogP contribution >= 0.6 is 0 Å². The van der Waals surface area contributed by atoms with Crippen LogP contribution in [0, 0.1) is 0 Å². The van der Waals surface area contributed by atoms with Gasteiger partial charge < -0.3 is 15.0 Å². The summed E-state index contributed by atoms with van der Waals surface area (Å²) >= 11 is 0. The maximum absolute atomic E-state index is 12.7. The minimum absolute atomic E-state index is 0.0634. The highest BCUT2D eigenvalue weighted by Crippen LogP contribution is 2.29. The average Bonchev–Trinajstić information content (AvgIpc) is 2.79. The van der Waals surface area contributed by atoms with E-state index in [1.54, 1.807) is 7.11 Å². The molecule has 0 radical (unpaired) electrons. The van der Waals surface area contributed by atoms with Gasteiger partial charge in [-0.3, -0.25) is 4.90 Å². The molecule has 9 heteroatoms. The van der Waals surface area contributed by atoms with Gasteiger partial charge in [-0.1, -0.05) is 0 Å². The predicted octanol–water partition coefficient (Wildman–Crippen LogP) is 0.476. The Morgan fingerprint density at radius 1 is 1.35 bits per heavy atom. The number of nitrogens with two attached hydrogens (primary N) is 1. The molecule has 0 bridgehead atoms. The van der Waals surface area contributed by atoms with Crippen LogP contribution in [-0.2, 0) is 24.0 Å². The summed E-state index contributed by atoms with van der Waals surface area (Å²) in [6.45, 7) is 2.26. The third-order valence-electron chi connectivity index (χ3n) is 3.27. The number of hydrogen-bond acceptors (Lipinski definition) is 5. The Morgan fingerprint density at radius 2 is 2.10 bits per heavy atom. The molecule has 0 saturated carbocycles. The smallest absolute Gasteiger partial charge is 0.385 e. The summed E-state index contributed by atoms with van der Waals surface area (Å²) in [6.07, 6.45) is -3.74. The van der Waals surface area contributed by atoms with Gasteiger partial charge in [0.1, 0.15) is 5.82 Å². The van der Waals surface area contributed by atoms with Gasteiger partial charge in [0.25, 0.3) is 0 Å². The lowest BCUT2D eigenvalue weighted by Gasteiger charge is -2.29. The number of methoxy groups -OCH3 is 1. The molecular weight excluding hydrogens is 275 g/mol. The first kappa shape index (κ1) is 15.2. The summed E-state index contributed by atoms with van der Waals surface area (Å²) in [5.74, 6) is -0.585. The van der Waals surface area contributed by atoms with Gasteiger partial charge in [-0.25, -0.2) is 0 Å². The molecule has 0 aliphatic carbocycles. The molecule has 0 fully saturated rings. The molecule has 6 nitrogen and oxygen atoms in total. The number of rotatable bonds is 5. The Balaban J connectivity index is 1.97. The fourth-order valence-electron chi connectivity index (χ4n) is 2.27. The topological polar surface area (TPSA) is 69.2 Å². The summed E-state index contributed by atoms with van der Waals surface area (Å²) < 4.78 is 44.1. The first-order valence-electron chi connectivity index (χ1n) is 6.38. The zero-order chi connectivity index (χ0) is 14.8. The lowest BCUT2D eigenvalue weighted by Crippen LogP contribution is -2.42. The maximum atomic E-state index is 12.7. The van der Waals surface area contributed by atoms with Crippen molar-refractivity contribution in [3.63, 3.8) is 0 Å². The molecular formula is C11H18F3N5O. The number of nitrogens with zero attached hydrogens (tertiary/aromatic N) is 4. The van der Waals surface area contributed by atoms with E-state index in [2.05, 4.69) is 10.2 Å². The summed E-state index contributed by atoms with van der Waals surface area (Å²) in [5.41, 5.74) is 5.94. The highest BCUT2D eigenvalue weighted by molar-refractivity contribution is 5.02. The van der Waals surface area contributed by atoms with Crippen LogP contribution in [0.1, 0.15) is 18.1 Å². The second kappa shape index (κ2) is 6.06. The molecule has 1 aromatic rings. The number of aromatic nitrogens is 3. The lowest BCUT2D eigenvalue weighted by atomic mass is 10.2. The van der Waals surface area contributed by atoms with Gasteiger partial charge in [0.2, 0.25) is 5.82 Å². The van der Waals surface area contributed by atoms with E-state index in [1.807, 2.05) is 4.90 Å². The van der Waals surface area contributed by atoms with E-state index in [1.165, 1.54) is 0 Å². The fourth-order valence-corrected chi connectivity index (χ4v) is 2.27. The van der Waals surface area contributed by atoms with E-state index in [0.717, 1.165) is 4.57 Å². The van der Waals surface area contributed by atoms with Crippen LogP contribution in [0.25, 0.3) is 0 Å². The highest BCUT2D eigenvalue weighted by Gasteiger charge is 2.39. The number of fused-ring (bicyclic) bond motifs is 1. The minimum Gasteiger partial charge on any atom is -0.385 e. The molecule has 1 atom stereocenters. The third-order valence-corrected chi connectivity index (χ3v) is 3.27. The Labute approximate surface area is 114 Å². The van der Waals surface area contributed by atoms with Crippen molar-refractivity contribution < 1.29 is 17.9 Å². The van der Waals surface area contributed by atoms with Gasteiger partial charge in [0.15, 0.2) is 0 Å². The van der Waals surface area contributed by atoms with Crippen molar-refractivity contribution in [2.75, 3.05) is 26.8 Å². The SMILES string of the molecule is COCCC(N)CN1CCn2c(nnc2C(F)(F)F)C1. The summed E-state index contributed by atoms with van der Waals surface area (Å²) in [7, 11) is 1.61. The van der Waals surface area contributed by atoms with E-state index in [9.17, 15) is 13.2 Å². The fraction of sp³-hybridized carbons (Fsp3) is 0.818. The van der Waals surface area contributed by atoms with Gasteiger partial charge in [-0.2, -0.15) is 13.2 Å². The summed E-state index contributed by atoms with van der Waals surface area (Å²) in [5, 5.41) is 6.87. The highest BCUT2D eigenvalue weighted by atomic mass is 19.4. The van der Waals surface area contributed by atoms with Crippen molar-refractivity contribution in [1.82, 2.24) is 19.7 Å². The normalized spacial score (nSPS) is 18.1. The third kappa shape index (κ3) is 3.47. The van der Waals surface area contributed by atoms with Crippen LogP contribution in [0.3, 0.4) is 0 Å². The van der Waals surface area contributed by atoms with Crippen LogP contribution in [0.2, 0.25) is 0 Å². The molecule has 1 aromatic heterocycles. The lowest BCUT2D eigenvalue weighted by molar-refractivity contribution is -0.148. The molecule has 0 amide bonds. The molecule has 0 spiro atoms. The molecule has 114 valence electrons. The first-order valence-corrected chi connectivity index (χ1v) is 6.38. The Kier molecular flexibility index (Phi) is 4.61. The molecule has 1 unspecified atom stereocenters. The molecule has 2 N–H and O–H groups in total. The first-order chi connectivity index (χ1) is 9.41. The van der Waals surface area contributed by atoms with Crippen LogP contribution in [0.15, 0.2) is 0 Å². The zero-order valence-electron chi connectivity index (χ0n) is 11.2. The average molecular weight is 293 g/mol. The van der Waals surface area contributed by atoms with Crippen molar-refractivity contribution in [2.45, 2.75) is 31.7 Å². The van der Waals surface area contributed by atoms with Crippen LogP contribution < -0.4 is 5.73 Å². The maximum Gasteiger partial charge on any atom is 0.451 e. The van der Waals surface area contributed by atoms with E-state index in [4.69, 9.17) is 10.5 Å². The Morgan fingerprint density at radius 3 is 2.75 bits per heavy atom. The monoisotopic (exact) mass is 293 g/mol. The van der Waals surface area contributed by atoms with Crippen molar-refractivity contribution in [2.24, 2.45) is 5.73 Å². The van der Waals surface area contributed by atoms with Crippen molar-refractivity contribution in [3.05, 3.63) is 11.6 Å². The largest absolute Gasteiger partial charge is 0.451 e. The number of alkyl halides is 3. The predicted molar refractivity (Wildman–Crippen MR) is 64.8 cm³/mol. The van der Waals surface area contributed by atoms with Crippen molar-refractivity contribution in [3.8, 4) is 0 Å². The van der Waals surface area contributed by atoms with E-state index in [0.29, 0.717) is 38.5 Å². The van der Waals surface area contributed by atoms with Crippen molar-refractivity contribution in [1.29, 1.82) is 0 Å². The summed E-state index contributed by atoms with van der Waals surface area (Å²) in [4.78, 5) is 1.99. The Hall–Kier alpha value is -1.19. The number of ether oxygens (including phenoxy) is 1. The second-order valence-corrected chi connectivity index (χ2v) is 4.87. The number of halogens is 3. The quantitative estimate of drug-likeness (QED) is 0.855. The van der Waals surface area contributed by atoms with Crippen LogP contribution in [-0.4, -0.2) is 52.5 Å². The molecule has 1 aliphatic heterocycles. The van der Waals surface area contributed by atoms with E-state index < -0.39 is 12.0 Å². The van der Waals surface area contributed by atoms with Gasteiger partial charge in [0, 0.05) is 39.4 Å². The zero-order valence-corrected chi connectivity index (χ0v) is 11.2. The number of hydrogen-bond donors (Lipinski definition) is 1. The van der Waals surface area contributed by atoms with Gasteiger partial charge >= 0.3 is 6.18 Å². The minimum atomic E-state index is -4.46. The summed E-state index contributed by atoms with van der Waals surface area (Å²) in [6, 6.07) is -0.0634. The molecule has 2 rings (SSSR count). The molecule has 2 heterocycles. The molecule has 1 aliphatic rings. The van der Waals surface area contributed by atoms with Crippen molar-refractivity contribution >= 4 is 0 Å². The van der Waals surface area contributed by atoms with Crippen LogP contribution in [0.5, 0.6) is 0 Å². The second-order valence-electron chi connectivity index (χ2n) is 4.87. The van der Waals surface area contributed by atoms with Gasteiger partial charge in [-0.05, 0) is 6.42 Å².